The number of hydrogen-bond donors (Lipinski definition) is 1. The fourth-order valence-corrected chi connectivity index (χ4v) is 5.04. The Bertz CT molecular complexity index is 708. The number of unbranched alkanes of at least 4 members (excludes halogenated alkanes) is 8. The third-order valence-electron chi connectivity index (χ3n) is 5.87. The molecule has 1 rings (SSSR count). The lowest BCUT2D eigenvalue weighted by molar-refractivity contribution is 0.00694. The van der Waals surface area contributed by atoms with Gasteiger partial charge in [-0.05, 0) is 56.9 Å². The molecule has 0 radical (unpaired) electrons. The minimum absolute atomic E-state index is 0.292. The number of ether oxygens (including phenoxy) is 2. The molecule has 1 aromatic rings. The van der Waals surface area contributed by atoms with Gasteiger partial charge in [-0.1, -0.05) is 85.0 Å². The minimum Gasteiger partial charge on any atom is -0.456 e. The van der Waals surface area contributed by atoms with E-state index in [9.17, 15) is 9.59 Å². The maximum Gasteiger partial charge on any atom is 0.412 e. The van der Waals surface area contributed by atoms with Gasteiger partial charge in [-0.2, -0.15) is 0 Å². The monoisotopic (exact) mass is 495 g/mol. The van der Waals surface area contributed by atoms with E-state index in [1.165, 1.54) is 49.9 Å². The number of hydrogen-bond acceptors (Lipinski definition) is 5. The van der Waals surface area contributed by atoms with Crippen molar-refractivity contribution in [3.63, 3.8) is 0 Å². The summed E-state index contributed by atoms with van der Waals surface area (Å²) in [6, 6.07) is 0. The Kier molecular flexibility index (Phi) is 15.2. The molecule has 0 bridgehead atoms. The highest BCUT2D eigenvalue weighted by atomic mass is 32.1. The van der Waals surface area contributed by atoms with Crippen LogP contribution in [0.25, 0.3) is 0 Å². The van der Waals surface area contributed by atoms with Gasteiger partial charge < -0.3 is 9.47 Å². The molecule has 1 heterocycles. The summed E-state index contributed by atoms with van der Waals surface area (Å²) < 4.78 is 11.2. The number of rotatable bonds is 17. The Balaban J connectivity index is 2.94. The van der Waals surface area contributed by atoms with Gasteiger partial charge in [0, 0.05) is 0 Å². The van der Waals surface area contributed by atoms with Crippen molar-refractivity contribution >= 4 is 28.4 Å². The van der Waals surface area contributed by atoms with Crippen LogP contribution >= 0.6 is 11.3 Å². The Hall–Kier alpha value is -1.56. The average molecular weight is 496 g/mol. The highest BCUT2D eigenvalue weighted by Gasteiger charge is 2.29. The molecule has 6 heteroatoms. The highest BCUT2D eigenvalue weighted by Crippen LogP contribution is 2.39. The zero-order chi connectivity index (χ0) is 25.4. The van der Waals surface area contributed by atoms with Gasteiger partial charge >= 0.3 is 12.1 Å². The average Bonchev–Trinajstić information content (AvgIpc) is 3.17. The quantitative estimate of drug-likeness (QED) is 0.173. The second kappa shape index (κ2) is 17.0. The maximum atomic E-state index is 13.2. The van der Waals surface area contributed by atoms with Gasteiger partial charge in [-0.25, -0.2) is 9.59 Å². The van der Waals surface area contributed by atoms with Gasteiger partial charge in [0.2, 0.25) is 0 Å². The van der Waals surface area contributed by atoms with Crippen molar-refractivity contribution in [1.82, 2.24) is 0 Å². The molecule has 0 saturated carbocycles. The number of carbonyl (C=O) groups is 2. The number of carbonyl (C=O) groups excluding carboxylic acids is 2. The van der Waals surface area contributed by atoms with Crippen LogP contribution in [0.2, 0.25) is 0 Å². The lowest BCUT2D eigenvalue weighted by Crippen LogP contribution is -2.25. The lowest BCUT2D eigenvalue weighted by atomic mass is 9.88. The van der Waals surface area contributed by atoms with E-state index in [-0.39, 0.29) is 5.97 Å². The Morgan fingerprint density at radius 1 is 0.882 bits per heavy atom. The Morgan fingerprint density at radius 3 is 2.12 bits per heavy atom. The molecule has 196 valence electrons. The second-order valence-electron chi connectivity index (χ2n) is 10.3. The molecule has 0 aliphatic heterocycles. The topological polar surface area (TPSA) is 64.6 Å². The third kappa shape index (κ3) is 12.2. The molecule has 1 aromatic heterocycles. The Labute approximate surface area is 212 Å². The zero-order valence-electron chi connectivity index (χ0n) is 22.6. The van der Waals surface area contributed by atoms with Crippen LogP contribution in [0, 0.1) is 0 Å². The predicted octanol–water partition coefficient (Wildman–Crippen LogP) is 9.47. The summed E-state index contributed by atoms with van der Waals surface area (Å²) in [5.74, 6) is -0.0769. The third-order valence-corrected chi connectivity index (χ3v) is 6.78. The van der Waals surface area contributed by atoms with Gasteiger partial charge in [0.1, 0.15) is 10.6 Å². The molecule has 0 saturated heterocycles. The molecule has 0 aromatic carbocycles. The highest BCUT2D eigenvalue weighted by molar-refractivity contribution is 7.15. The molecular formula is C28H49NO4S. The molecule has 34 heavy (non-hydrogen) atoms. The number of esters is 1. The molecule has 0 aliphatic carbocycles. The zero-order valence-corrected chi connectivity index (χ0v) is 23.4. The van der Waals surface area contributed by atoms with Gasteiger partial charge in [-0.3, -0.25) is 5.32 Å². The summed E-state index contributed by atoms with van der Waals surface area (Å²) in [4.78, 5) is 25.7. The molecule has 0 aliphatic rings. The summed E-state index contributed by atoms with van der Waals surface area (Å²) in [5, 5.41) is 5.42. The van der Waals surface area contributed by atoms with Gasteiger partial charge in [0.25, 0.3) is 0 Å². The van der Waals surface area contributed by atoms with Crippen LogP contribution in [-0.4, -0.2) is 24.3 Å². The van der Waals surface area contributed by atoms with E-state index in [0.29, 0.717) is 23.1 Å². The van der Waals surface area contributed by atoms with Crippen molar-refractivity contribution in [1.29, 1.82) is 0 Å². The van der Waals surface area contributed by atoms with Crippen molar-refractivity contribution in [2.24, 2.45) is 0 Å². The number of anilines is 1. The van der Waals surface area contributed by atoms with E-state index in [1.807, 2.05) is 26.2 Å². The van der Waals surface area contributed by atoms with Crippen LogP contribution < -0.4 is 5.32 Å². The maximum absolute atomic E-state index is 13.2. The largest absolute Gasteiger partial charge is 0.456 e. The smallest absolute Gasteiger partial charge is 0.412 e. The van der Waals surface area contributed by atoms with Crippen molar-refractivity contribution in [2.75, 3.05) is 11.9 Å². The lowest BCUT2D eigenvalue weighted by Gasteiger charge is -2.22. The van der Waals surface area contributed by atoms with Crippen molar-refractivity contribution in [3.05, 3.63) is 16.5 Å². The molecule has 1 amide bonds. The molecule has 1 atom stereocenters. The molecule has 1 unspecified atom stereocenters. The Morgan fingerprint density at radius 2 is 1.47 bits per heavy atom. The first-order valence-electron chi connectivity index (χ1n) is 13.5. The van der Waals surface area contributed by atoms with Crippen molar-refractivity contribution in [2.45, 2.75) is 137 Å². The predicted molar refractivity (Wildman–Crippen MR) is 144 cm³/mol. The van der Waals surface area contributed by atoms with Crippen LogP contribution in [0.4, 0.5) is 9.80 Å². The van der Waals surface area contributed by atoms with E-state index < -0.39 is 11.7 Å². The molecule has 5 nitrogen and oxygen atoms in total. The van der Waals surface area contributed by atoms with Gasteiger partial charge in [-0.15, -0.1) is 11.3 Å². The summed E-state index contributed by atoms with van der Waals surface area (Å²) in [7, 11) is 0. The fraction of sp³-hybridized carbons (Fsp3) is 0.786. The first-order chi connectivity index (χ1) is 16.2. The van der Waals surface area contributed by atoms with Crippen LogP contribution in [0.15, 0.2) is 5.38 Å². The summed E-state index contributed by atoms with van der Waals surface area (Å²) >= 11 is 1.40. The molecule has 0 fully saturated rings. The molecule has 1 N–H and O–H groups in total. The molecular weight excluding hydrogens is 446 g/mol. The van der Waals surface area contributed by atoms with Crippen molar-refractivity contribution in [3.8, 4) is 0 Å². The van der Waals surface area contributed by atoms with Crippen LogP contribution in [0.5, 0.6) is 0 Å². The summed E-state index contributed by atoms with van der Waals surface area (Å²) in [6.07, 6.45) is 14.1. The minimum atomic E-state index is -0.604. The normalized spacial score (nSPS) is 12.4. The second-order valence-corrected chi connectivity index (χ2v) is 11.1. The van der Waals surface area contributed by atoms with E-state index in [4.69, 9.17) is 9.47 Å². The van der Waals surface area contributed by atoms with Crippen LogP contribution in [0.1, 0.15) is 147 Å². The van der Waals surface area contributed by atoms with Gasteiger partial charge in [0.05, 0.1) is 12.2 Å². The number of nitrogens with one attached hydrogen (secondary N) is 1. The van der Waals surface area contributed by atoms with E-state index in [1.54, 1.807) is 0 Å². The van der Waals surface area contributed by atoms with E-state index >= 15 is 0 Å². The van der Waals surface area contributed by atoms with E-state index in [0.717, 1.165) is 50.5 Å². The van der Waals surface area contributed by atoms with Crippen LogP contribution in [0.3, 0.4) is 0 Å². The SMILES string of the molecule is CCCCCCCCOC(=O)Nc1scc(C(CCCC)CCCCC)c1C(=O)OC(C)(C)C. The van der Waals surface area contributed by atoms with Crippen molar-refractivity contribution < 1.29 is 19.1 Å². The number of thiophene rings is 1. The standard InChI is InChI=1S/C28H49NO4S/c1-7-10-13-14-15-17-20-32-27(31)29-25-24(26(30)33-28(4,5)6)23(21-34-25)22(18-12-9-3)19-16-11-8-2/h21-22H,7-20H2,1-6H3,(H,29,31). The summed E-state index contributed by atoms with van der Waals surface area (Å²) in [6.45, 7) is 12.6. The van der Waals surface area contributed by atoms with Crippen LogP contribution in [-0.2, 0) is 9.47 Å². The first kappa shape index (κ1) is 30.5. The fourth-order valence-electron chi connectivity index (χ4n) is 4.03. The van der Waals surface area contributed by atoms with Gasteiger partial charge in [0.15, 0.2) is 0 Å². The summed E-state index contributed by atoms with van der Waals surface area (Å²) in [5.41, 5.74) is 0.913. The molecule has 0 spiro atoms. The van der Waals surface area contributed by atoms with E-state index in [2.05, 4.69) is 26.1 Å². The number of amides is 1. The first-order valence-corrected chi connectivity index (χ1v) is 14.4.